The molecule has 0 amide bonds. The van der Waals surface area contributed by atoms with E-state index in [9.17, 15) is 0 Å². The molecule has 1 aromatic carbocycles. The summed E-state index contributed by atoms with van der Waals surface area (Å²) in [5.74, 6) is 1.64. The van der Waals surface area contributed by atoms with Crippen molar-refractivity contribution in [2.75, 3.05) is 20.2 Å². The highest BCUT2D eigenvalue weighted by molar-refractivity contribution is 5.28. The number of piperidine rings is 1. The first kappa shape index (κ1) is 12.4. The molecule has 0 radical (unpaired) electrons. The third kappa shape index (κ3) is 3.45. The van der Waals surface area contributed by atoms with Crippen LogP contribution in [-0.2, 0) is 6.54 Å². The maximum absolute atomic E-state index is 5.23. The van der Waals surface area contributed by atoms with Gasteiger partial charge in [-0.1, -0.05) is 19.1 Å². The lowest BCUT2D eigenvalue weighted by molar-refractivity contribution is 0.295. The zero-order valence-electron chi connectivity index (χ0n) is 10.7. The number of nitrogens with one attached hydrogen (secondary N) is 2. The smallest absolute Gasteiger partial charge is 0.119 e. The molecule has 2 atom stereocenters. The van der Waals surface area contributed by atoms with Gasteiger partial charge in [-0.2, -0.15) is 0 Å². The lowest BCUT2D eigenvalue weighted by Gasteiger charge is -2.30. The van der Waals surface area contributed by atoms with Crippen molar-refractivity contribution in [3.63, 3.8) is 0 Å². The number of methoxy groups -OCH3 is 1. The van der Waals surface area contributed by atoms with E-state index in [0.29, 0.717) is 12.0 Å². The average molecular weight is 234 g/mol. The standard InChI is InChI=1S/C14H22N2O/c1-11-9-15-7-6-14(11)16-10-12-4-3-5-13(8-12)17-2/h3-5,8,11,14-16H,6-7,9-10H2,1-2H3. The van der Waals surface area contributed by atoms with Crippen molar-refractivity contribution in [2.24, 2.45) is 5.92 Å². The van der Waals surface area contributed by atoms with Crippen molar-refractivity contribution in [2.45, 2.75) is 25.9 Å². The van der Waals surface area contributed by atoms with Crippen LogP contribution in [0.2, 0.25) is 0 Å². The summed E-state index contributed by atoms with van der Waals surface area (Å²) in [5, 5.41) is 7.06. The molecule has 2 N–H and O–H groups in total. The third-order valence-corrected chi connectivity index (χ3v) is 3.49. The van der Waals surface area contributed by atoms with Gasteiger partial charge >= 0.3 is 0 Å². The van der Waals surface area contributed by atoms with E-state index in [0.717, 1.165) is 25.4 Å². The molecule has 0 spiro atoms. The SMILES string of the molecule is COc1cccc(CNC2CCNCC2C)c1. The number of hydrogen-bond acceptors (Lipinski definition) is 3. The molecule has 2 rings (SSSR count). The van der Waals surface area contributed by atoms with Crippen LogP contribution in [0.4, 0.5) is 0 Å². The van der Waals surface area contributed by atoms with E-state index in [4.69, 9.17) is 4.74 Å². The minimum Gasteiger partial charge on any atom is -0.497 e. The fourth-order valence-corrected chi connectivity index (χ4v) is 2.35. The summed E-state index contributed by atoms with van der Waals surface area (Å²) < 4.78 is 5.23. The highest BCUT2D eigenvalue weighted by Gasteiger charge is 2.19. The molecule has 0 aromatic heterocycles. The van der Waals surface area contributed by atoms with Crippen LogP contribution in [0.15, 0.2) is 24.3 Å². The normalized spacial score (nSPS) is 24.6. The Bertz CT molecular complexity index is 354. The van der Waals surface area contributed by atoms with Crippen LogP contribution in [0, 0.1) is 5.92 Å². The molecule has 17 heavy (non-hydrogen) atoms. The Labute approximate surface area is 104 Å². The zero-order chi connectivity index (χ0) is 12.1. The number of hydrogen-bond donors (Lipinski definition) is 2. The zero-order valence-corrected chi connectivity index (χ0v) is 10.7. The fraction of sp³-hybridized carbons (Fsp3) is 0.571. The van der Waals surface area contributed by atoms with Gasteiger partial charge in [0.2, 0.25) is 0 Å². The Morgan fingerprint density at radius 3 is 3.12 bits per heavy atom. The number of rotatable bonds is 4. The van der Waals surface area contributed by atoms with Crippen molar-refractivity contribution in [1.29, 1.82) is 0 Å². The van der Waals surface area contributed by atoms with Crippen molar-refractivity contribution in [3.05, 3.63) is 29.8 Å². The molecular weight excluding hydrogens is 212 g/mol. The van der Waals surface area contributed by atoms with Crippen LogP contribution in [0.25, 0.3) is 0 Å². The molecular formula is C14H22N2O. The first-order valence-electron chi connectivity index (χ1n) is 6.36. The Morgan fingerprint density at radius 2 is 2.35 bits per heavy atom. The molecule has 1 aliphatic rings. The van der Waals surface area contributed by atoms with Gasteiger partial charge in [0.1, 0.15) is 5.75 Å². The lowest BCUT2D eigenvalue weighted by atomic mass is 9.95. The van der Waals surface area contributed by atoms with Crippen molar-refractivity contribution in [1.82, 2.24) is 10.6 Å². The summed E-state index contributed by atoms with van der Waals surface area (Å²) in [6, 6.07) is 8.89. The summed E-state index contributed by atoms with van der Waals surface area (Å²) in [7, 11) is 1.71. The number of ether oxygens (including phenoxy) is 1. The molecule has 94 valence electrons. The average Bonchev–Trinajstić information content (AvgIpc) is 2.38. The predicted octanol–water partition coefficient (Wildman–Crippen LogP) is 1.78. The molecule has 3 nitrogen and oxygen atoms in total. The summed E-state index contributed by atoms with van der Waals surface area (Å²) in [4.78, 5) is 0. The van der Waals surface area contributed by atoms with Gasteiger partial charge in [-0.05, 0) is 43.1 Å². The second-order valence-electron chi connectivity index (χ2n) is 4.81. The topological polar surface area (TPSA) is 33.3 Å². The van der Waals surface area contributed by atoms with Gasteiger partial charge in [-0.15, -0.1) is 0 Å². The van der Waals surface area contributed by atoms with Crippen molar-refractivity contribution in [3.8, 4) is 5.75 Å². The summed E-state index contributed by atoms with van der Waals surface area (Å²) in [6.07, 6.45) is 1.21. The largest absolute Gasteiger partial charge is 0.497 e. The first-order chi connectivity index (χ1) is 8.29. The Morgan fingerprint density at radius 1 is 1.47 bits per heavy atom. The third-order valence-electron chi connectivity index (χ3n) is 3.49. The monoisotopic (exact) mass is 234 g/mol. The Kier molecular flexibility index (Phi) is 4.40. The summed E-state index contributed by atoms with van der Waals surface area (Å²) in [5.41, 5.74) is 1.29. The summed E-state index contributed by atoms with van der Waals surface area (Å²) in [6.45, 7) is 5.47. The van der Waals surface area contributed by atoms with Crippen LogP contribution in [0.1, 0.15) is 18.9 Å². The van der Waals surface area contributed by atoms with E-state index in [1.807, 2.05) is 12.1 Å². The van der Waals surface area contributed by atoms with Crippen LogP contribution >= 0.6 is 0 Å². The van der Waals surface area contributed by atoms with Crippen molar-refractivity contribution >= 4 is 0 Å². The quantitative estimate of drug-likeness (QED) is 0.833. The minimum absolute atomic E-state index is 0.627. The van der Waals surface area contributed by atoms with E-state index in [-0.39, 0.29) is 0 Å². The van der Waals surface area contributed by atoms with Crippen molar-refractivity contribution < 1.29 is 4.74 Å². The van der Waals surface area contributed by atoms with Gasteiger partial charge < -0.3 is 15.4 Å². The first-order valence-corrected chi connectivity index (χ1v) is 6.36. The van der Waals surface area contributed by atoms with E-state index < -0.39 is 0 Å². The molecule has 0 aliphatic carbocycles. The molecule has 3 heteroatoms. The maximum atomic E-state index is 5.23. The molecule has 1 aliphatic heterocycles. The highest BCUT2D eigenvalue weighted by atomic mass is 16.5. The molecule has 1 saturated heterocycles. The van der Waals surface area contributed by atoms with E-state index >= 15 is 0 Å². The summed E-state index contributed by atoms with van der Waals surface area (Å²) >= 11 is 0. The highest BCUT2D eigenvalue weighted by Crippen LogP contribution is 2.14. The van der Waals surface area contributed by atoms with Crippen LogP contribution < -0.4 is 15.4 Å². The maximum Gasteiger partial charge on any atom is 0.119 e. The Balaban J connectivity index is 1.88. The van der Waals surface area contributed by atoms with E-state index in [2.05, 4.69) is 29.7 Å². The van der Waals surface area contributed by atoms with Gasteiger partial charge in [-0.3, -0.25) is 0 Å². The van der Waals surface area contributed by atoms with Gasteiger partial charge in [-0.25, -0.2) is 0 Å². The van der Waals surface area contributed by atoms with Crippen LogP contribution in [0.5, 0.6) is 5.75 Å². The van der Waals surface area contributed by atoms with Gasteiger partial charge in [0.15, 0.2) is 0 Å². The van der Waals surface area contributed by atoms with Gasteiger partial charge in [0.05, 0.1) is 7.11 Å². The molecule has 1 aromatic rings. The van der Waals surface area contributed by atoms with Crippen LogP contribution in [-0.4, -0.2) is 26.2 Å². The second kappa shape index (κ2) is 6.03. The molecule has 2 unspecified atom stereocenters. The molecule has 0 saturated carbocycles. The van der Waals surface area contributed by atoms with Gasteiger partial charge in [0, 0.05) is 12.6 Å². The van der Waals surface area contributed by atoms with Crippen LogP contribution in [0.3, 0.4) is 0 Å². The minimum atomic E-state index is 0.627. The van der Waals surface area contributed by atoms with Gasteiger partial charge in [0.25, 0.3) is 0 Å². The molecule has 1 fully saturated rings. The number of benzene rings is 1. The van der Waals surface area contributed by atoms with E-state index in [1.54, 1.807) is 7.11 Å². The molecule has 0 bridgehead atoms. The second-order valence-corrected chi connectivity index (χ2v) is 4.81. The Hall–Kier alpha value is -1.06. The van der Waals surface area contributed by atoms with E-state index in [1.165, 1.54) is 12.0 Å². The predicted molar refractivity (Wildman–Crippen MR) is 70.3 cm³/mol. The fourth-order valence-electron chi connectivity index (χ4n) is 2.35. The lowest BCUT2D eigenvalue weighted by Crippen LogP contribution is -2.45. The molecule has 1 heterocycles.